The third-order valence-corrected chi connectivity index (χ3v) is 6.15. The lowest BCUT2D eigenvalue weighted by Crippen LogP contribution is -2.29. The Morgan fingerprint density at radius 1 is 1.45 bits per heavy atom. The number of aromatic nitrogens is 2. The summed E-state index contributed by atoms with van der Waals surface area (Å²) < 4.78 is 29.1. The van der Waals surface area contributed by atoms with Gasteiger partial charge < -0.3 is 0 Å². The average molecular weight is 313 g/mol. The summed E-state index contributed by atoms with van der Waals surface area (Å²) in [5.41, 5.74) is 1.06. The van der Waals surface area contributed by atoms with Crippen LogP contribution in [0.5, 0.6) is 0 Å². The van der Waals surface area contributed by atoms with Crippen molar-refractivity contribution >= 4 is 21.4 Å². The number of nitrogens with zero attached hydrogens (tertiary/aromatic N) is 2. The summed E-state index contributed by atoms with van der Waals surface area (Å²) in [7, 11) is -3.42. The molecule has 0 radical (unpaired) electrons. The van der Waals surface area contributed by atoms with E-state index < -0.39 is 10.0 Å². The minimum Gasteiger partial charge on any atom is -0.268 e. The number of sulfonamides is 1. The summed E-state index contributed by atoms with van der Waals surface area (Å²) in [5, 5.41) is 4.19. The van der Waals surface area contributed by atoms with Crippen molar-refractivity contribution in [3.8, 4) is 0 Å². The van der Waals surface area contributed by atoms with Gasteiger partial charge in [0, 0.05) is 17.6 Å². The highest BCUT2D eigenvalue weighted by molar-refractivity contribution is 7.91. The average Bonchev–Trinajstić information content (AvgIpc) is 3.04. The van der Waals surface area contributed by atoms with Crippen molar-refractivity contribution in [2.75, 3.05) is 6.54 Å². The smallest absolute Gasteiger partial charge is 0.250 e. The molecule has 20 heavy (non-hydrogen) atoms. The number of thiophene rings is 1. The highest BCUT2D eigenvalue weighted by atomic mass is 32.2. The largest absolute Gasteiger partial charge is 0.268 e. The number of aryl methyl sites for hydroxylation is 2. The molecule has 7 heteroatoms. The van der Waals surface area contributed by atoms with E-state index >= 15 is 0 Å². The van der Waals surface area contributed by atoms with Crippen LogP contribution >= 0.6 is 11.3 Å². The van der Waals surface area contributed by atoms with Gasteiger partial charge in [0.25, 0.3) is 0 Å². The van der Waals surface area contributed by atoms with Crippen LogP contribution < -0.4 is 4.72 Å². The Labute approximate surface area is 123 Å². The van der Waals surface area contributed by atoms with E-state index in [1.54, 1.807) is 16.9 Å². The topological polar surface area (TPSA) is 64.0 Å². The number of rotatable bonds is 6. The highest BCUT2D eigenvalue weighted by Crippen LogP contribution is 2.21. The van der Waals surface area contributed by atoms with Gasteiger partial charge in [-0.3, -0.25) is 4.68 Å². The van der Waals surface area contributed by atoms with Crippen LogP contribution in [0.25, 0.3) is 0 Å². The molecule has 0 fully saturated rings. The first-order valence-electron chi connectivity index (χ1n) is 6.51. The van der Waals surface area contributed by atoms with Crippen LogP contribution in [0.4, 0.5) is 0 Å². The molecule has 0 spiro atoms. The van der Waals surface area contributed by atoms with Crippen molar-refractivity contribution in [3.63, 3.8) is 0 Å². The molecule has 0 aliphatic carbocycles. The molecule has 2 aromatic heterocycles. The summed E-state index contributed by atoms with van der Waals surface area (Å²) in [5.74, 6) is 0. The molecule has 2 heterocycles. The Morgan fingerprint density at radius 2 is 2.20 bits per heavy atom. The number of hydrogen-bond donors (Lipinski definition) is 1. The van der Waals surface area contributed by atoms with Crippen molar-refractivity contribution in [1.29, 1.82) is 0 Å². The van der Waals surface area contributed by atoms with Crippen LogP contribution in [0.2, 0.25) is 0 Å². The Bertz CT molecular complexity index is 673. The molecule has 0 bridgehead atoms. The predicted molar refractivity (Wildman–Crippen MR) is 80.6 cm³/mol. The van der Waals surface area contributed by atoms with E-state index in [-0.39, 0.29) is 6.04 Å². The lowest BCUT2D eigenvalue weighted by atomic mass is 10.3. The van der Waals surface area contributed by atoms with E-state index in [9.17, 15) is 8.42 Å². The highest BCUT2D eigenvalue weighted by Gasteiger charge is 2.18. The van der Waals surface area contributed by atoms with Crippen molar-refractivity contribution in [2.24, 2.45) is 0 Å². The maximum absolute atomic E-state index is 12.2. The summed E-state index contributed by atoms with van der Waals surface area (Å²) in [4.78, 5) is 1.07. The monoisotopic (exact) mass is 313 g/mol. The van der Waals surface area contributed by atoms with Gasteiger partial charge in [-0.2, -0.15) is 5.10 Å². The Morgan fingerprint density at radius 3 is 2.75 bits per heavy atom. The first-order chi connectivity index (χ1) is 9.42. The second-order valence-corrected chi connectivity index (χ2v) is 7.94. The fourth-order valence-corrected chi connectivity index (χ4v) is 4.22. The number of nitrogens with one attached hydrogen (secondary N) is 1. The van der Waals surface area contributed by atoms with Crippen LogP contribution in [0.15, 0.2) is 28.7 Å². The molecular formula is C13H19N3O2S2. The minimum atomic E-state index is -3.42. The van der Waals surface area contributed by atoms with E-state index in [0.717, 1.165) is 16.9 Å². The molecular weight excluding hydrogens is 294 g/mol. The van der Waals surface area contributed by atoms with Crippen LogP contribution in [-0.4, -0.2) is 24.7 Å². The zero-order valence-corrected chi connectivity index (χ0v) is 13.5. The third kappa shape index (κ3) is 3.47. The summed E-state index contributed by atoms with van der Waals surface area (Å²) in [6.45, 7) is 6.22. The maximum atomic E-state index is 12.2. The lowest BCUT2D eigenvalue weighted by Gasteiger charge is -2.12. The third-order valence-electron chi connectivity index (χ3n) is 3.00. The molecule has 0 aliphatic rings. The predicted octanol–water partition coefficient (Wildman–Crippen LogP) is 2.35. The van der Waals surface area contributed by atoms with E-state index in [2.05, 4.69) is 9.82 Å². The zero-order chi connectivity index (χ0) is 14.8. The molecule has 1 atom stereocenters. The summed E-state index contributed by atoms with van der Waals surface area (Å²) >= 11 is 1.32. The van der Waals surface area contributed by atoms with Crippen LogP contribution in [-0.2, 0) is 16.4 Å². The van der Waals surface area contributed by atoms with Crippen molar-refractivity contribution in [3.05, 3.63) is 35.0 Å². The number of hydrogen-bond acceptors (Lipinski definition) is 4. The molecule has 0 aliphatic heterocycles. The zero-order valence-electron chi connectivity index (χ0n) is 11.8. The summed E-state index contributed by atoms with van der Waals surface area (Å²) in [6, 6.07) is 3.50. The fraction of sp³-hybridized carbons (Fsp3) is 0.462. The van der Waals surface area contributed by atoms with E-state index in [0.29, 0.717) is 10.8 Å². The van der Waals surface area contributed by atoms with E-state index in [1.807, 2.05) is 33.0 Å². The quantitative estimate of drug-likeness (QED) is 0.890. The first-order valence-corrected chi connectivity index (χ1v) is 8.81. The molecule has 0 unspecified atom stereocenters. The van der Waals surface area contributed by atoms with Crippen LogP contribution in [0.3, 0.4) is 0 Å². The van der Waals surface area contributed by atoms with Crippen molar-refractivity contribution in [2.45, 2.75) is 37.4 Å². The fourth-order valence-electron chi connectivity index (χ4n) is 1.76. The van der Waals surface area contributed by atoms with E-state index in [4.69, 9.17) is 0 Å². The standard InChI is InChI=1S/C13H19N3O2S2/c1-4-12-5-6-13(19-12)20(17,18)15-8-11(3)16-9-10(2)7-14-16/h5-7,9,11,15H,4,8H2,1-3H3/t11-/m1/s1. The molecule has 0 saturated carbocycles. The molecule has 5 nitrogen and oxygen atoms in total. The second-order valence-electron chi connectivity index (χ2n) is 4.77. The van der Waals surface area contributed by atoms with Crippen LogP contribution in [0.1, 0.15) is 30.3 Å². The lowest BCUT2D eigenvalue weighted by molar-refractivity contribution is 0.479. The molecule has 0 aromatic carbocycles. The Kier molecular flexibility index (Phi) is 4.62. The first kappa shape index (κ1) is 15.2. The Hall–Kier alpha value is -1.18. The summed E-state index contributed by atoms with van der Waals surface area (Å²) in [6.07, 6.45) is 4.51. The van der Waals surface area contributed by atoms with Gasteiger partial charge in [-0.05, 0) is 38.0 Å². The van der Waals surface area contributed by atoms with Gasteiger partial charge >= 0.3 is 0 Å². The van der Waals surface area contributed by atoms with Crippen molar-refractivity contribution in [1.82, 2.24) is 14.5 Å². The Balaban J connectivity index is 2.02. The SMILES string of the molecule is CCc1ccc(S(=O)(=O)NC[C@@H](C)n2cc(C)cn2)s1. The molecule has 110 valence electrons. The minimum absolute atomic E-state index is 0.0240. The van der Waals surface area contributed by atoms with Gasteiger partial charge in [-0.25, -0.2) is 13.1 Å². The van der Waals surface area contributed by atoms with Gasteiger partial charge in [-0.1, -0.05) is 6.92 Å². The molecule has 2 rings (SSSR count). The van der Waals surface area contributed by atoms with Gasteiger partial charge in [0.15, 0.2) is 0 Å². The molecule has 2 aromatic rings. The van der Waals surface area contributed by atoms with Gasteiger partial charge in [0.2, 0.25) is 10.0 Å². The van der Waals surface area contributed by atoms with Gasteiger partial charge in [0.05, 0.1) is 12.2 Å². The maximum Gasteiger partial charge on any atom is 0.250 e. The normalized spacial score (nSPS) is 13.6. The van der Waals surface area contributed by atoms with E-state index in [1.165, 1.54) is 11.3 Å². The van der Waals surface area contributed by atoms with Crippen molar-refractivity contribution < 1.29 is 8.42 Å². The molecule has 1 N–H and O–H groups in total. The van der Waals surface area contributed by atoms with Gasteiger partial charge in [-0.15, -0.1) is 11.3 Å². The second kappa shape index (κ2) is 6.07. The molecule has 0 amide bonds. The van der Waals surface area contributed by atoms with Gasteiger partial charge in [0.1, 0.15) is 4.21 Å². The van der Waals surface area contributed by atoms with Crippen LogP contribution in [0, 0.1) is 6.92 Å². The molecule has 0 saturated heterocycles.